The molecule has 0 saturated heterocycles. The third kappa shape index (κ3) is 4.32. The number of nitrogens with one attached hydrogen (secondary N) is 2. The second-order valence-electron chi connectivity index (χ2n) is 6.61. The van der Waals surface area contributed by atoms with Crippen molar-refractivity contribution in [1.82, 2.24) is 9.97 Å². The molecule has 6 nitrogen and oxygen atoms in total. The fourth-order valence-corrected chi connectivity index (χ4v) is 3.05. The summed E-state index contributed by atoms with van der Waals surface area (Å²) in [5.41, 5.74) is 2.51. The molecule has 29 heavy (non-hydrogen) atoms. The van der Waals surface area contributed by atoms with Gasteiger partial charge in [0.05, 0.1) is 17.1 Å². The first-order valence-corrected chi connectivity index (χ1v) is 9.23. The summed E-state index contributed by atoms with van der Waals surface area (Å²) in [7, 11) is 0. The lowest BCUT2D eigenvalue weighted by Gasteiger charge is -2.13. The Morgan fingerprint density at radius 1 is 0.793 bits per heavy atom. The Morgan fingerprint density at radius 3 is 2.17 bits per heavy atom. The molecule has 0 saturated carbocycles. The second kappa shape index (κ2) is 7.98. The molecule has 0 bridgehead atoms. The predicted molar refractivity (Wildman–Crippen MR) is 115 cm³/mol. The third-order valence-corrected chi connectivity index (χ3v) is 4.45. The lowest BCUT2D eigenvalue weighted by molar-refractivity contribution is 0.262. The van der Waals surface area contributed by atoms with E-state index in [2.05, 4.69) is 20.6 Å². The average Bonchev–Trinajstić information content (AvgIpc) is 2.71. The minimum atomic E-state index is -0.355. The number of anilines is 2. The number of aromatic nitrogens is 2. The zero-order chi connectivity index (χ0) is 20.2. The van der Waals surface area contributed by atoms with Crippen molar-refractivity contribution in [1.29, 1.82) is 0 Å². The maximum atomic E-state index is 12.5. The quantitative estimate of drug-likeness (QED) is 0.474. The minimum absolute atomic E-state index is 0.242. The molecule has 0 spiro atoms. The van der Waals surface area contributed by atoms with Crippen LogP contribution in [0.4, 0.5) is 16.2 Å². The first-order valence-electron chi connectivity index (χ1n) is 9.23. The number of aryl methyl sites for hydroxylation is 2. The summed E-state index contributed by atoms with van der Waals surface area (Å²) in [5, 5.41) is 7.87. The van der Waals surface area contributed by atoms with Crippen LogP contribution in [-0.2, 0) is 0 Å². The van der Waals surface area contributed by atoms with Gasteiger partial charge in [0, 0.05) is 5.69 Å². The maximum Gasteiger partial charge on any atom is 0.323 e. The summed E-state index contributed by atoms with van der Waals surface area (Å²) in [6, 6.07) is 23.0. The van der Waals surface area contributed by atoms with Crippen LogP contribution in [0.5, 0.6) is 11.8 Å². The molecule has 1 heterocycles. The van der Waals surface area contributed by atoms with Crippen molar-refractivity contribution in [3.05, 3.63) is 84.2 Å². The highest BCUT2D eigenvalue weighted by atomic mass is 16.5. The monoisotopic (exact) mass is 384 g/mol. The number of nitrogens with zero attached hydrogens (tertiary/aromatic N) is 2. The molecule has 0 radical (unpaired) electrons. The Morgan fingerprint density at radius 2 is 1.45 bits per heavy atom. The minimum Gasteiger partial charge on any atom is -0.424 e. The Kier molecular flexibility index (Phi) is 5.07. The molecule has 144 valence electrons. The molecule has 6 heteroatoms. The number of ether oxygens (including phenoxy) is 1. The van der Waals surface area contributed by atoms with Crippen molar-refractivity contribution in [3.63, 3.8) is 0 Å². The lowest BCUT2D eigenvalue weighted by atomic mass is 10.1. The van der Waals surface area contributed by atoms with Crippen molar-refractivity contribution >= 4 is 28.2 Å². The normalized spacial score (nSPS) is 10.6. The Balaban J connectivity index is 1.48. The predicted octanol–water partition coefficient (Wildman–Crippen LogP) is 5.68. The van der Waals surface area contributed by atoms with Gasteiger partial charge in [0.15, 0.2) is 0 Å². The topological polar surface area (TPSA) is 76.1 Å². The SMILES string of the molecule is Cc1nc(Oc2ccccc2)nc(C)c1NC(=O)Nc1ccc2ccccc2c1. The molecule has 2 amide bonds. The molecule has 2 N–H and O–H groups in total. The van der Waals surface area contributed by atoms with E-state index in [-0.39, 0.29) is 12.0 Å². The van der Waals surface area contributed by atoms with Gasteiger partial charge in [-0.2, -0.15) is 9.97 Å². The van der Waals surface area contributed by atoms with E-state index in [9.17, 15) is 4.79 Å². The number of rotatable bonds is 4. The van der Waals surface area contributed by atoms with Crippen molar-refractivity contribution in [2.75, 3.05) is 10.6 Å². The molecule has 3 aromatic carbocycles. The van der Waals surface area contributed by atoms with E-state index in [0.717, 1.165) is 10.8 Å². The summed E-state index contributed by atoms with van der Waals surface area (Å²) in [4.78, 5) is 21.2. The second-order valence-corrected chi connectivity index (χ2v) is 6.61. The lowest BCUT2D eigenvalue weighted by Crippen LogP contribution is -2.21. The van der Waals surface area contributed by atoms with Crippen LogP contribution in [0.15, 0.2) is 72.8 Å². The standard InChI is InChI=1S/C23H20N4O2/c1-15-21(16(2)25-23(24-15)29-20-10-4-3-5-11-20)27-22(28)26-19-13-12-17-8-6-7-9-18(17)14-19/h3-14H,1-2H3,(H2,26,27,28). The molecule has 0 aliphatic rings. The highest BCUT2D eigenvalue weighted by Gasteiger charge is 2.13. The molecule has 4 rings (SSSR count). The molecular weight excluding hydrogens is 364 g/mol. The number of amides is 2. The highest BCUT2D eigenvalue weighted by molar-refractivity contribution is 6.01. The third-order valence-electron chi connectivity index (χ3n) is 4.45. The molecule has 0 atom stereocenters. The van der Waals surface area contributed by atoms with E-state index >= 15 is 0 Å². The molecule has 1 aromatic heterocycles. The number of fused-ring (bicyclic) bond motifs is 1. The van der Waals surface area contributed by atoms with Gasteiger partial charge in [-0.05, 0) is 48.9 Å². The van der Waals surface area contributed by atoms with E-state index in [4.69, 9.17) is 4.74 Å². The fraction of sp³-hybridized carbons (Fsp3) is 0.0870. The largest absolute Gasteiger partial charge is 0.424 e. The molecular formula is C23H20N4O2. The van der Waals surface area contributed by atoms with Crippen LogP contribution in [0, 0.1) is 13.8 Å². The van der Waals surface area contributed by atoms with Gasteiger partial charge in [0.25, 0.3) is 0 Å². The van der Waals surface area contributed by atoms with Gasteiger partial charge in [-0.25, -0.2) is 4.79 Å². The van der Waals surface area contributed by atoms with Crippen LogP contribution < -0.4 is 15.4 Å². The summed E-state index contributed by atoms with van der Waals surface area (Å²) >= 11 is 0. The van der Waals surface area contributed by atoms with Crippen LogP contribution in [0.1, 0.15) is 11.4 Å². The van der Waals surface area contributed by atoms with Crippen LogP contribution in [-0.4, -0.2) is 16.0 Å². The van der Waals surface area contributed by atoms with E-state index in [1.165, 1.54) is 0 Å². The van der Waals surface area contributed by atoms with E-state index < -0.39 is 0 Å². The average molecular weight is 384 g/mol. The number of urea groups is 1. The molecule has 0 unspecified atom stereocenters. The van der Waals surface area contributed by atoms with Crippen LogP contribution in [0.25, 0.3) is 10.8 Å². The van der Waals surface area contributed by atoms with Crippen molar-refractivity contribution < 1.29 is 9.53 Å². The molecule has 4 aromatic rings. The smallest absolute Gasteiger partial charge is 0.323 e. The number of carbonyl (C=O) groups excluding carboxylic acids is 1. The maximum absolute atomic E-state index is 12.5. The summed E-state index contributed by atoms with van der Waals surface area (Å²) in [5.74, 6) is 0.654. The van der Waals surface area contributed by atoms with Gasteiger partial charge in [-0.3, -0.25) is 0 Å². The van der Waals surface area contributed by atoms with Gasteiger partial charge >= 0.3 is 12.0 Å². The van der Waals surface area contributed by atoms with E-state index in [1.807, 2.05) is 72.8 Å². The van der Waals surface area contributed by atoms with Gasteiger partial charge < -0.3 is 15.4 Å². The van der Waals surface area contributed by atoms with Crippen molar-refractivity contribution in [2.45, 2.75) is 13.8 Å². The number of benzene rings is 3. The highest BCUT2D eigenvalue weighted by Crippen LogP contribution is 2.24. The van der Waals surface area contributed by atoms with Gasteiger partial charge in [-0.15, -0.1) is 0 Å². The molecule has 0 aliphatic carbocycles. The van der Waals surface area contributed by atoms with Crippen LogP contribution in [0.2, 0.25) is 0 Å². The van der Waals surface area contributed by atoms with E-state index in [1.54, 1.807) is 13.8 Å². The number of hydrogen-bond donors (Lipinski definition) is 2. The van der Waals surface area contributed by atoms with Crippen molar-refractivity contribution in [3.8, 4) is 11.8 Å². The Labute approximate surface area is 168 Å². The number of para-hydroxylation sites is 1. The van der Waals surface area contributed by atoms with E-state index in [0.29, 0.717) is 28.5 Å². The zero-order valence-electron chi connectivity index (χ0n) is 16.1. The van der Waals surface area contributed by atoms with Crippen molar-refractivity contribution in [2.24, 2.45) is 0 Å². The summed E-state index contributed by atoms with van der Waals surface area (Å²) in [6.45, 7) is 3.61. The Bertz CT molecular complexity index is 1150. The zero-order valence-corrected chi connectivity index (χ0v) is 16.1. The number of carbonyl (C=O) groups is 1. The molecule has 0 aliphatic heterocycles. The van der Waals surface area contributed by atoms with Crippen LogP contribution >= 0.6 is 0 Å². The Hall–Kier alpha value is -3.93. The van der Waals surface area contributed by atoms with Gasteiger partial charge in [0.1, 0.15) is 5.75 Å². The number of hydrogen-bond acceptors (Lipinski definition) is 4. The van der Waals surface area contributed by atoms with Gasteiger partial charge in [-0.1, -0.05) is 48.5 Å². The summed E-state index contributed by atoms with van der Waals surface area (Å²) in [6.07, 6.45) is 0. The summed E-state index contributed by atoms with van der Waals surface area (Å²) < 4.78 is 5.69. The fourth-order valence-electron chi connectivity index (χ4n) is 3.05. The molecule has 0 fully saturated rings. The van der Waals surface area contributed by atoms with Gasteiger partial charge in [0.2, 0.25) is 0 Å². The first-order chi connectivity index (χ1) is 14.1. The first kappa shape index (κ1) is 18.4. The van der Waals surface area contributed by atoms with Crippen LogP contribution in [0.3, 0.4) is 0 Å².